The summed E-state index contributed by atoms with van der Waals surface area (Å²) in [4.78, 5) is 21.6. The minimum atomic E-state index is -5.02. The lowest BCUT2D eigenvalue weighted by molar-refractivity contribution is -0.388. The summed E-state index contributed by atoms with van der Waals surface area (Å²) < 4.78 is 40.4. The lowest BCUT2D eigenvalue weighted by atomic mass is 10.0. The molecule has 0 fully saturated rings. The standard InChI is InChI=1S/C15H10F3N5O4/c1-8-10(2-3-11(23(26)27)13(8)15(16,17)18)21-14(25)12(24)7-22-6-9(4-19)5-20-22/h2-3,5-7,24H,1H3,(H,21,25)/b12-7-. The summed E-state index contributed by atoms with van der Waals surface area (Å²) in [5.74, 6) is -2.08. The van der Waals surface area contributed by atoms with E-state index in [2.05, 4.69) is 5.10 Å². The molecule has 0 atom stereocenters. The van der Waals surface area contributed by atoms with E-state index in [4.69, 9.17) is 5.26 Å². The average Bonchev–Trinajstić information content (AvgIpc) is 3.02. The van der Waals surface area contributed by atoms with Crippen LogP contribution in [0.15, 0.2) is 30.3 Å². The summed E-state index contributed by atoms with van der Waals surface area (Å²) in [7, 11) is 0. The number of nitriles is 1. The number of alkyl halides is 3. The summed E-state index contributed by atoms with van der Waals surface area (Å²) in [6, 6.07) is 3.31. The second-order valence-corrected chi connectivity index (χ2v) is 5.18. The topological polar surface area (TPSA) is 134 Å². The molecule has 1 aromatic heterocycles. The fraction of sp³-hybridized carbons (Fsp3) is 0.133. The molecule has 1 heterocycles. The van der Waals surface area contributed by atoms with Crippen LogP contribution in [0.5, 0.6) is 0 Å². The number of aliphatic hydroxyl groups is 1. The zero-order valence-electron chi connectivity index (χ0n) is 13.5. The highest BCUT2D eigenvalue weighted by Crippen LogP contribution is 2.40. The molecule has 0 unspecified atom stereocenters. The summed E-state index contributed by atoms with van der Waals surface area (Å²) >= 11 is 0. The Morgan fingerprint density at radius 3 is 2.67 bits per heavy atom. The van der Waals surface area contributed by atoms with Gasteiger partial charge in [0.15, 0.2) is 5.76 Å². The molecule has 9 nitrogen and oxygen atoms in total. The van der Waals surface area contributed by atoms with Gasteiger partial charge < -0.3 is 10.4 Å². The number of aromatic nitrogens is 2. The van der Waals surface area contributed by atoms with Gasteiger partial charge >= 0.3 is 6.18 Å². The number of amides is 1. The second-order valence-electron chi connectivity index (χ2n) is 5.18. The Labute approximate surface area is 149 Å². The van der Waals surface area contributed by atoms with Gasteiger partial charge in [-0.3, -0.25) is 14.9 Å². The van der Waals surface area contributed by atoms with Crippen LogP contribution in [-0.4, -0.2) is 25.7 Å². The Morgan fingerprint density at radius 1 is 1.48 bits per heavy atom. The van der Waals surface area contributed by atoms with E-state index in [1.54, 1.807) is 6.07 Å². The van der Waals surface area contributed by atoms with Crippen molar-refractivity contribution in [1.82, 2.24) is 9.78 Å². The maximum Gasteiger partial charge on any atom is 0.423 e. The number of nitro groups is 1. The number of nitrogens with zero attached hydrogens (tertiary/aromatic N) is 4. The SMILES string of the molecule is Cc1c(NC(=O)/C(O)=C/n2cc(C#N)cn2)ccc([N+](=O)[O-])c1C(F)(F)F. The lowest BCUT2D eigenvalue weighted by Crippen LogP contribution is -2.18. The lowest BCUT2D eigenvalue weighted by Gasteiger charge is -2.14. The van der Waals surface area contributed by atoms with Crippen molar-refractivity contribution in [3.8, 4) is 6.07 Å². The van der Waals surface area contributed by atoms with Crippen molar-refractivity contribution >= 4 is 23.5 Å². The number of hydrogen-bond acceptors (Lipinski definition) is 6. The van der Waals surface area contributed by atoms with Gasteiger partial charge in [0.05, 0.1) is 22.9 Å². The monoisotopic (exact) mass is 381 g/mol. The molecule has 0 aliphatic carbocycles. The third kappa shape index (κ3) is 4.21. The molecule has 2 N–H and O–H groups in total. The van der Waals surface area contributed by atoms with Crippen LogP contribution in [0.4, 0.5) is 24.5 Å². The number of halogens is 3. The van der Waals surface area contributed by atoms with Gasteiger partial charge in [-0.15, -0.1) is 0 Å². The molecule has 0 spiro atoms. The molecule has 27 heavy (non-hydrogen) atoms. The Bertz CT molecular complexity index is 988. The van der Waals surface area contributed by atoms with Gasteiger partial charge in [-0.2, -0.15) is 23.5 Å². The minimum absolute atomic E-state index is 0.153. The van der Waals surface area contributed by atoms with Gasteiger partial charge in [-0.05, 0) is 18.6 Å². The van der Waals surface area contributed by atoms with Crippen LogP contribution in [-0.2, 0) is 11.0 Å². The highest BCUT2D eigenvalue weighted by atomic mass is 19.4. The third-order valence-electron chi connectivity index (χ3n) is 3.39. The molecule has 1 aromatic carbocycles. The predicted molar refractivity (Wildman–Crippen MR) is 85.3 cm³/mol. The van der Waals surface area contributed by atoms with E-state index in [1.165, 1.54) is 6.20 Å². The predicted octanol–water partition coefficient (Wildman–Crippen LogP) is 2.99. The van der Waals surface area contributed by atoms with Crippen molar-refractivity contribution in [3.05, 3.63) is 57.1 Å². The molecular weight excluding hydrogens is 371 g/mol. The number of nitrogens with one attached hydrogen (secondary N) is 1. The third-order valence-corrected chi connectivity index (χ3v) is 3.39. The van der Waals surface area contributed by atoms with Crippen LogP contribution in [0.1, 0.15) is 16.7 Å². The smallest absolute Gasteiger partial charge is 0.423 e. The van der Waals surface area contributed by atoms with Crippen LogP contribution in [0.25, 0.3) is 6.20 Å². The number of benzene rings is 1. The Hall–Kier alpha value is -3.88. The minimum Gasteiger partial charge on any atom is -0.502 e. The first-order valence-corrected chi connectivity index (χ1v) is 7.06. The van der Waals surface area contributed by atoms with Crippen molar-refractivity contribution in [1.29, 1.82) is 5.26 Å². The van der Waals surface area contributed by atoms with E-state index in [0.717, 1.165) is 30.1 Å². The van der Waals surface area contributed by atoms with Gasteiger partial charge in [0.1, 0.15) is 11.6 Å². The molecular formula is C15H10F3N5O4. The van der Waals surface area contributed by atoms with Crippen LogP contribution < -0.4 is 5.32 Å². The maximum absolute atomic E-state index is 13.2. The molecule has 1 amide bonds. The average molecular weight is 381 g/mol. The highest BCUT2D eigenvalue weighted by molar-refractivity contribution is 6.04. The van der Waals surface area contributed by atoms with Crippen molar-refractivity contribution in [2.75, 3.05) is 5.32 Å². The van der Waals surface area contributed by atoms with E-state index >= 15 is 0 Å². The number of carbonyl (C=O) groups is 1. The van der Waals surface area contributed by atoms with Gasteiger partial charge in [-0.25, -0.2) is 4.68 Å². The van der Waals surface area contributed by atoms with E-state index in [1.807, 2.05) is 5.32 Å². The van der Waals surface area contributed by atoms with Crippen molar-refractivity contribution in [2.45, 2.75) is 13.1 Å². The van der Waals surface area contributed by atoms with E-state index < -0.39 is 39.6 Å². The number of nitro benzene ring substituents is 1. The quantitative estimate of drug-likeness (QED) is 0.362. The molecule has 0 bridgehead atoms. The zero-order chi connectivity index (χ0) is 20.4. The summed E-state index contributed by atoms with van der Waals surface area (Å²) in [6.07, 6.45) is -1.82. The highest BCUT2D eigenvalue weighted by Gasteiger charge is 2.41. The Morgan fingerprint density at radius 2 is 2.15 bits per heavy atom. The van der Waals surface area contributed by atoms with Crippen LogP contribution >= 0.6 is 0 Å². The second kappa shape index (κ2) is 7.16. The van der Waals surface area contributed by atoms with Gasteiger partial charge in [0, 0.05) is 18.0 Å². The molecule has 12 heteroatoms. The van der Waals surface area contributed by atoms with E-state index in [-0.39, 0.29) is 11.3 Å². The normalized spacial score (nSPS) is 11.7. The van der Waals surface area contributed by atoms with Crippen LogP contribution in [0.3, 0.4) is 0 Å². The number of hydrogen-bond donors (Lipinski definition) is 2. The summed E-state index contributed by atoms with van der Waals surface area (Å²) in [5.41, 5.74) is -3.45. The van der Waals surface area contributed by atoms with E-state index in [0.29, 0.717) is 6.07 Å². The molecule has 0 radical (unpaired) electrons. The summed E-state index contributed by atoms with van der Waals surface area (Å²) in [5, 5.41) is 35.0. The van der Waals surface area contributed by atoms with Crippen molar-refractivity contribution in [2.24, 2.45) is 0 Å². The molecule has 2 aromatic rings. The molecule has 0 saturated heterocycles. The number of rotatable bonds is 4. The number of aliphatic hydroxyl groups excluding tert-OH is 1. The Kier molecular flexibility index (Phi) is 5.16. The molecule has 140 valence electrons. The first-order chi connectivity index (χ1) is 12.5. The first-order valence-electron chi connectivity index (χ1n) is 7.06. The Balaban J connectivity index is 2.35. The van der Waals surface area contributed by atoms with Crippen LogP contribution in [0.2, 0.25) is 0 Å². The molecule has 0 saturated carbocycles. The molecule has 0 aliphatic rings. The molecule has 2 rings (SSSR count). The fourth-order valence-electron chi connectivity index (χ4n) is 2.18. The maximum atomic E-state index is 13.2. The van der Waals surface area contributed by atoms with E-state index in [9.17, 15) is 33.2 Å². The summed E-state index contributed by atoms with van der Waals surface area (Å²) in [6.45, 7) is 0.957. The number of anilines is 1. The van der Waals surface area contributed by atoms with Crippen LogP contribution in [0, 0.1) is 28.4 Å². The van der Waals surface area contributed by atoms with Crippen molar-refractivity contribution < 1.29 is 28.0 Å². The largest absolute Gasteiger partial charge is 0.502 e. The zero-order valence-corrected chi connectivity index (χ0v) is 13.5. The van der Waals surface area contributed by atoms with Crippen molar-refractivity contribution in [3.63, 3.8) is 0 Å². The van der Waals surface area contributed by atoms with Gasteiger partial charge in [-0.1, -0.05) is 0 Å². The van der Waals surface area contributed by atoms with Gasteiger partial charge in [0.2, 0.25) is 0 Å². The van der Waals surface area contributed by atoms with Gasteiger partial charge in [0.25, 0.3) is 11.6 Å². The fourth-order valence-corrected chi connectivity index (χ4v) is 2.18. The first kappa shape index (κ1) is 19.4. The number of carbonyl (C=O) groups excluding carboxylic acids is 1. The molecule has 0 aliphatic heterocycles.